The summed E-state index contributed by atoms with van der Waals surface area (Å²) in [7, 11) is 0. The standard InChI is InChI=1S/C9H15N3O2/c1-3-11(4-2)9(14)7-12-6-8(13)5-10-12/h5-6,13H,3-4,7H2,1-2H3. The Morgan fingerprint density at radius 1 is 1.57 bits per heavy atom. The molecule has 0 saturated carbocycles. The molecule has 0 aliphatic rings. The fraction of sp³-hybridized carbons (Fsp3) is 0.556. The fourth-order valence-electron chi connectivity index (χ4n) is 1.25. The predicted molar refractivity (Wildman–Crippen MR) is 51.8 cm³/mol. The summed E-state index contributed by atoms with van der Waals surface area (Å²) in [5, 5.41) is 12.8. The zero-order chi connectivity index (χ0) is 10.6. The summed E-state index contributed by atoms with van der Waals surface area (Å²) >= 11 is 0. The minimum Gasteiger partial charge on any atom is -0.505 e. The van der Waals surface area contributed by atoms with Crippen LogP contribution >= 0.6 is 0 Å². The number of aromatic hydroxyl groups is 1. The molecule has 0 fully saturated rings. The second kappa shape index (κ2) is 4.64. The Morgan fingerprint density at radius 2 is 2.21 bits per heavy atom. The number of carbonyl (C=O) groups excluding carboxylic acids is 1. The van der Waals surface area contributed by atoms with Crippen LogP contribution in [0.5, 0.6) is 5.75 Å². The number of aromatic nitrogens is 2. The number of likely N-dealkylation sites (N-methyl/N-ethyl adjacent to an activating group) is 1. The third-order valence-corrected chi connectivity index (χ3v) is 2.03. The van der Waals surface area contributed by atoms with Crippen molar-refractivity contribution in [2.24, 2.45) is 0 Å². The van der Waals surface area contributed by atoms with Gasteiger partial charge < -0.3 is 10.0 Å². The van der Waals surface area contributed by atoms with Crippen LogP contribution < -0.4 is 0 Å². The fourth-order valence-corrected chi connectivity index (χ4v) is 1.25. The molecule has 1 aromatic rings. The molecule has 0 atom stereocenters. The Kier molecular flexibility index (Phi) is 3.50. The van der Waals surface area contributed by atoms with E-state index in [4.69, 9.17) is 5.11 Å². The first-order valence-corrected chi connectivity index (χ1v) is 4.66. The quantitative estimate of drug-likeness (QED) is 0.762. The van der Waals surface area contributed by atoms with Gasteiger partial charge in [0.1, 0.15) is 6.54 Å². The average Bonchev–Trinajstić information content (AvgIpc) is 2.53. The summed E-state index contributed by atoms with van der Waals surface area (Å²) in [6.45, 7) is 5.44. The summed E-state index contributed by atoms with van der Waals surface area (Å²) in [5.41, 5.74) is 0. The first kappa shape index (κ1) is 10.6. The number of hydrogen-bond acceptors (Lipinski definition) is 3. The van der Waals surface area contributed by atoms with Gasteiger partial charge in [-0.25, -0.2) is 0 Å². The van der Waals surface area contributed by atoms with Crippen molar-refractivity contribution in [3.8, 4) is 5.75 Å². The molecule has 0 spiro atoms. The molecule has 14 heavy (non-hydrogen) atoms. The molecule has 1 heterocycles. The number of nitrogens with zero attached hydrogens (tertiary/aromatic N) is 3. The van der Waals surface area contributed by atoms with Crippen molar-refractivity contribution < 1.29 is 9.90 Å². The van der Waals surface area contributed by atoms with Gasteiger partial charge >= 0.3 is 0 Å². The van der Waals surface area contributed by atoms with Crippen LogP contribution in [0.1, 0.15) is 13.8 Å². The van der Waals surface area contributed by atoms with Gasteiger partial charge in [0.25, 0.3) is 0 Å². The van der Waals surface area contributed by atoms with Gasteiger partial charge in [0.15, 0.2) is 5.75 Å². The van der Waals surface area contributed by atoms with Gasteiger partial charge in [-0.1, -0.05) is 0 Å². The first-order valence-electron chi connectivity index (χ1n) is 4.66. The summed E-state index contributed by atoms with van der Waals surface area (Å²) in [6, 6.07) is 0. The molecule has 0 bridgehead atoms. The maximum Gasteiger partial charge on any atom is 0.244 e. The lowest BCUT2D eigenvalue weighted by Crippen LogP contribution is -2.33. The molecule has 1 N–H and O–H groups in total. The lowest BCUT2D eigenvalue weighted by molar-refractivity contribution is -0.131. The van der Waals surface area contributed by atoms with Crippen LogP contribution in [0.3, 0.4) is 0 Å². The van der Waals surface area contributed by atoms with Crippen molar-refractivity contribution in [3.05, 3.63) is 12.4 Å². The van der Waals surface area contributed by atoms with Gasteiger partial charge in [0.05, 0.1) is 12.4 Å². The third-order valence-electron chi connectivity index (χ3n) is 2.03. The van der Waals surface area contributed by atoms with E-state index in [9.17, 15) is 4.79 Å². The van der Waals surface area contributed by atoms with Crippen molar-refractivity contribution in [1.82, 2.24) is 14.7 Å². The minimum atomic E-state index is 0.0121. The van der Waals surface area contributed by atoms with Gasteiger partial charge in [-0.15, -0.1) is 0 Å². The van der Waals surface area contributed by atoms with Gasteiger partial charge in [-0.3, -0.25) is 9.48 Å². The maximum atomic E-state index is 11.6. The Bertz CT molecular complexity index is 305. The second-order valence-corrected chi connectivity index (χ2v) is 2.96. The molecule has 78 valence electrons. The number of carbonyl (C=O) groups is 1. The van der Waals surface area contributed by atoms with Crippen molar-refractivity contribution in [1.29, 1.82) is 0 Å². The molecule has 0 saturated heterocycles. The Labute approximate surface area is 82.9 Å². The summed E-state index contributed by atoms with van der Waals surface area (Å²) in [5.74, 6) is 0.0930. The smallest absolute Gasteiger partial charge is 0.244 e. The minimum absolute atomic E-state index is 0.0121. The molecule has 0 aromatic carbocycles. The monoisotopic (exact) mass is 197 g/mol. The van der Waals surface area contributed by atoms with E-state index in [1.807, 2.05) is 13.8 Å². The average molecular weight is 197 g/mol. The van der Waals surface area contributed by atoms with Crippen LogP contribution in [0, 0.1) is 0 Å². The van der Waals surface area contributed by atoms with E-state index >= 15 is 0 Å². The molecule has 0 aliphatic heterocycles. The van der Waals surface area contributed by atoms with Gasteiger partial charge in [-0.05, 0) is 13.8 Å². The van der Waals surface area contributed by atoms with Crippen molar-refractivity contribution in [2.45, 2.75) is 20.4 Å². The molecule has 0 unspecified atom stereocenters. The third kappa shape index (κ3) is 2.48. The van der Waals surface area contributed by atoms with Crippen LogP contribution in [0.4, 0.5) is 0 Å². The van der Waals surface area contributed by atoms with Gasteiger partial charge in [-0.2, -0.15) is 5.10 Å². The SMILES string of the molecule is CCN(CC)C(=O)Cn1cc(O)cn1. The number of rotatable bonds is 4. The molecule has 1 rings (SSSR count). The molecular weight excluding hydrogens is 182 g/mol. The van der Waals surface area contributed by atoms with Gasteiger partial charge in [0.2, 0.25) is 5.91 Å². The normalized spacial score (nSPS) is 10.1. The van der Waals surface area contributed by atoms with E-state index in [-0.39, 0.29) is 18.2 Å². The Balaban J connectivity index is 2.56. The zero-order valence-corrected chi connectivity index (χ0v) is 8.47. The number of amides is 1. The highest BCUT2D eigenvalue weighted by molar-refractivity contribution is 5.75. The van der Waals surface area contributed by atoms with Crippen LogP contribution in [-0.2, 0) is 11.3 Å². The van der Waals surface area contributed by atoms with Gasteiger partial charge in [0, 0.05) is 13.1 Å². The topological polar surface area (TPSA) is 58.4 Å². The Morgan fingerprint density at radius 3 is 2.64 bits per heavy atom. The molecule has 0 aliphatic carbocycles. The molecule has 5 nitrogen and oxygen atoms in total. The molecule has 5 heteroatoms. The van der Waals surface area contributed by atoms with Crippen molar-refractivity contribution in [3.63, 3.8) is 0 Å². The first-order chi connectivity index (χ1) is 6.67. The van der Waals surface area contributed by atoms with E-state index in [0.717, 1.165) is 0 Å². The maximum absolute atomic E-state index is 11.6. The van der Waals surface area contributed by atoms with E-state index in [1.54, 1.807) is 4.90 Å². The van der Waals surface area contributed by atoms with Crippen molar-refractivity contribution in [2.75, 3.05) is 13.1 Å². The van der Waals surface area contributed by atoms with E-state index in [0.29, 0.717) is 13.1 Å². The molecule has 0 radical (unpaired) electrons. The highest BCUT2D eigenvalue weighted by Crippen LogP contribution is 2.04. The largest absolute Gasteiger partial charge is 0.505 e. The predicted octanol–water partition coefficient (Wildman–Crippen LogP) is 0.457. The highest BCUT2D eigenvalue weighted by atomic mass is 16.3. The van der Waals surface area contributed by atoms with Crippen LogP contribution in [0.2, 0.25) is 0 Å². The summed E-state index contributed by atoms with van der Waals surface area (Å²) in [4.78, 5) is 13.3. The van der Waals surface area contributed by atoms with E-state index in [1.165, 1.54) is 17.1 Å². The van der Waals surface area contributed by atoms with Crippen LogP contribution in [0.15, 0.2) is 12.4 Å². The van der Waals surface area contributed by atoms with Crippen LogP contribution in [-0.4, -0.2) is 38.8 Å². The Hall–Kier alpha value is -1.52. The zero-order valence-electron chi connectivity index (χ0n) is 8.47. The molecule has 1 aromatic heterocycles. The molecular formula is C9H15N3O2. The summed E-state index contributed by atoms with van der Waals surface area (Å²) in [6.07, 6.45) is 2.75. The molecule has 1 amide bonds. The van der Waals surface area contributed by atoms with Crippen LogP contribution in [0.25, 0.3) is 0 Å². The second-order valence-electron chi connectivity index (χ2n) is 2.96. The van der Waals surface area contributed by atoms with Crippen molar-refractivity contribution >= 4 is 5.91 Å². The lowest BCUT2D eigenvalue weighted by atomic mass is 10.4. The highest BCUT2D eigenvalue weighted by Gasteiger charge is 2.10. The van der Waals surface area contributed by atoms with E-state index < -0.39 is 0 Å². The summed E-state index contributed by atoms with van der Waals surface area (Å²) < 4.78 is 1.43. The van der Waals surface area contributed by atoms with E-state index in [2.05, 4.69) is 5.10 Å². The lowest BCUT2D eigenvalue weighted by Gasteiger charge is -2.18. The number of hydrogen-bond donors (Lipinski definition) is 1.